The molecule has 1 saturated heterocycles. The Kier molecular flexibility index (Phi) is 6.52. The molecule has 0 radical (unpaired) electrons. The van der Waals surface area contributed by atoms with E-state index in [1.54, 1.807) is 30.5 Å². The van der Waals surface area contributed by atoms with E-state index in [1.165, 1.54) is 23.1 Å². The topological polar surface area (TPSA) is 143 Å². The van der Waals surface area contributed by atoms with E-state index >= 15 is 0 Å². The van der Waals surface area contributed by atoms with Gasteiger partial charge in [-0.1, -0.05) is 36.4 Å². The number of pyridine rings is 1. The highest BCUT2D eigenvalue weighted by Crippen LogP contribution is 2.34. The standard InChI is InChI=1S/C25H25FN6O4S/c26-19-5-1-2-6-21(19)37(35,36)29-14-16-7-9-17(10-8-16)23-22-20(11-12-28-24(22)27)32(30-23)18-4-3-13-31(15-18)25(33)34/h1-2,5-12,18,29H,3-4,13-15H2,(H2,27,28)(H,33,34)/t18-/m1/s1. The maximum atomic E-state index is 13.9. The van der Waals surface area contributed by atoms with Crippen LogP contribution in [0.4, 0.5) is 15.0 Å². The molecule has 0 unspecified atom stereocenters. The summed E-state index contributed by atoms with van der Waals surface area (Å²) in [6, 6.07) is 14.0. The molecule has 12 heteroatoms. The number of carboxylic acid groups (broad SMARTS) is 1. The van der Waals surface area contributed by atoms with Crippen molar-refractivity contribution in [3.8, 4) is 11.3 Å². The van der Waals surface area contributed by atoms with E-state index in [-0.39, 0.29) is 12.6 Å². The number of fused-ring (bicyclic) bond motifs is 1. The average molecular weight is 525 g/mol. The number of nitrogen functional groups attached to an aromatic ring is 1. The van der Waals surface area contributed by atoms with Crippen LogP contribution in [0.3, 0.4) is 0 Å². The summed E-state index contributed by atoms with van der Waals surface area (Å²) in [5, 5.41) is 14.9. The van der Waals surface area contributed by atoms with Crippen molar-refractivity contribution >= 4 is 32.8 Å². The van der Waals surface area contributed by atoms with Gasteiger partial charge in [0.15, 0.2) is 0 Å². The number of likely N-dealkylation sites (tertiary alicyclic amines) is 1. The van der Waals surface area contributed by atoms with E-state index in [2.05, 4.69) is 9.71 Å². The predicted molar refractivity (Wildman–Crippen MR) is 136 cm³/mol. The zero-order chi connectivity index (χ0) is 26.2. The molecule has 4 N–H and O–H groups in total. The van der Waals surface area contributed by atoms with Crippen molar-refractivity contribution in [2.45, 2.75) is 30.3 Å². The van der Waals surface area contributed by atoms with Crippen LogP contribution in [0.1, 0.15) is 24.4 Å². The lowest BCUT2D eigenvalue weighted by Crippen LogP contribution is -2.40. The monoisotopic (exact) mass is 524 g/mol. The normalized spacial score (nSPS) is 16.2. The summed E-state index contributed by atoms with van der Waals surface area (Å²) in [5.74, 6) is -0.505. The fraction of sp³-hybridized carbons (Fsp3) is 0.240. The second-order valence-corrected chi connectivity index (χ2v) is 10.6. The van der Waals surface area contributed by atoms with Gasteiger partial charge < -0.3 is 15.7 Å². The fourth-order valence-corrected chi connectivity index (χ4v) is 5.71. The molecule has 1 aliphatic rings. The summed E-state index contributed by atoms with van der Waals surface area (Å²) in [5.41, 5.74) is 9.01. The molecule has 0 bridgehead atoms. The SMILES string of the molecule is Nc1nccc2c1c(-c1ccc(CNS(=O)(=O)c3ccccc3F)cc1)nn2[C@@H]1CCCN(C(=O)O)C1. The van der Waals surface area contributed by atoms with Crippen LogP contribution in [-0.2, 0) is 16.6 Å². The Bertz CT molecular complexity index is 1570. The lowest BCUT2D eigenvalue weighted by atomic mass is 10.1. The number of aromatic nitrogens is 3. The molecule has 2 aromatic heterocycles. The van der Waals surface area contributed by atoms with Crippen molar-refractivity contribution in [1.29, 1.82) is 0 Å². The molecular formula is C25H25FN6O4S. The van der Waals surface area contributed by atoms with Crippen molar-refractivity contribution in [1.82, 2.24) is 24.4 Å². The number of hydrogen-bond donors (Lipinski definition) is 3. The number of anilines is 1. The lowest BCUT2D eigenvalue weighted by Gasteiger charge is -2.31. The van der Waals surface area contributed by atoms with Gasteiger partial charge in [0.2, 0.25) is 10.0 Å². The molecule has 2 aromatic carbocycles. The number of nitrogens with one attached hydrogen (secondary N) is 1. The number of piperidine rings is 1. The first kappa shape index (κ1) is 24.7. The molecule has 1 fully saturated rings. The first-order valence-electron chi connectivity index (χ1n) is 11.7. The number of nitrogens with zero attached hydrogens (tertiary/aromatic N) is 4. The molecule has 1 aliphatic heterocycles. The van der Waals surface area contributed by atoms with Crippen molar-refractivity contribution in [2.75, 3.05) is 18.8 Å². The fourth-order valence-electron chi connectivity index (χ4n) is 4.62. The number of benzene rings is 2. The van der Waals surface area contributed by atoms with Crippen LogP contribution in [0.15, 0.2) is 65.7 Å². The second-order valence-electron chi connectivity index (χ2n) is 8.86. The van der Waals surface area contributed by atoms with Crippen molar-refractivity contribution < 1.29 is 22.7 Å². The van der Waals surface area contributed by atoms with E-state index < -0.39 is 26.8 Å². The first-order chi connectivity index (χ1) is 17.7. The van der Waals surface area contributed by atoms with Crippen LogP contribution < -0.4 is 10.5 Å². The average Bonchev–Trinajstić information content (AvgIpc) is 3.29. The molecule has 0 saturated carbocycles. The van der Waals surface area contributed by atoms with Gasteiger partial charge in [0.1, 0.15) is 22.2 Å². The molecule has 192 valence electrons. The van der Waals surface area contributed by atoms with Crippen molar-refractivity contribution in [3.63, 3.8) is 0 Å². The zero-order valence-electron chi connectivity index (χ0n) is 19.7. The van der Waals surface area contributed by atoms with Gasteiger partial charge in [0.05, 0.1) is 16.9 Å². The maximum Gasteiger partial charge on any atom is 0.407 e. The summed E-state index contributed by atoms with van der Waals surface area (Å²) >= 11 is 0. The number of hydrogen-bond acceptors (Lipinski definition) is 6. The minimum atomic E-state index is -4.02. The number of amides is 1. The highest BCUT2D eigenvalue weighted by atomic mass is 32.2. The van der Waals surface area contributed by atoms with Gasteiger partial charge in [0, 0.05) is 31.4 Å². The maximum absolute atomic E-state index is 13.9. The van der Waals surface area contributed by atoms with Crippen LogP contribution >= 0.6 is 0 Å². The van der Waals surface area contributed by atoms with Gasteiger partial charge in [0.25, 0.3) is 0 Å². The van der Waals surface area contributed by atoms with Gasteiger partial charge in [-0.15, -0.1) is 0 Å². The van der Waals surface area contributed by atoms with Crippen molar-refractivity contribution in [3.05, 3.63) is 72.2 Å². The lowest BCUT2D eigenvalue weighted by molar-refractivity contribution is 0.120. The Hall–Kier alpha value is -4.03. The summed E-state index contributed by atoms with van der Waals surface area (Å²) in [7, 11) is -4.02. The van der Waals surface area contributed by atoms with Crippen LogP contribution in [-0.4, -0.2) is 52.4 Å². The predicted octanol–water partition coefficient (Wildman–Crippen LogP) is 3.61. The van der Waals surface area contributed by atoms with E-state index in [4.69, 9.17) is 10.8 Å². The Morgan fingerprint density at radius 1 is 1.16 bits per heavy atom. The van der Waals surface area contributed by atoms with Gasteiger partial charge in [-0.25, -0.2) is 27.3 Å². The zero-order valence-corrected chi connectivity index (χ0v) is 20.5. The Morgan fingerprint density at radius 2 is 1.92 bits per heavy atom. The van der Waals surface area contributed by atoms with Gasteiger partial charge in [-0.3, -0.25) is 4.68 Å². The third kappa shape index (κ3) is 4.85. The van der Waals surface area contributed by atoms with E-state index in [1.807, 2.05) is 10.7 Å². The van der Waals surface area contributed by atoms with E-state index in [9.17, 15) is 22.7 Å². The van der Waals surface area contributed by atoms with Gasteiger partial charge in [-0.05, 0) is 36.6 Å². The number of rotatable bonds is 6. The summed E-state index contributed by atoms with van der Waals surface area (Å²) in [6.07, 6.45) is 2.15. The second kappa shape index (κ2) is 9.79. The van der Waals surface area contributed by atoms with Crippen LogP contribution in [0.25, 0.3) is 22.2 Å². The summed E-state index contributed by atoms with van der Waals surface area (Å²) in [4.78, 5) is 16.7. The number of carbonyl (C=O) groups is 1. The smallest absolute Gasteiger partial charge is 0.407 e. The summed E-state index contributed by atoms with van der Waals surface area (Å²) < 4.78 is 43.2. The van der Waals surface area contributed by atoms with Crippen molar-refractivity contribution in [2.24, 2.45) is 0 Å². The molecule has 0 aliphatic carbocycles. The first-order valence-corrected chi connectivity index (χ1v) is 13.2. The summed E-state index contributed by atoms with van der Waals surface area (Å²) in [6.45, 7) is 0.793. The highest BCUT2D eigenvalue weighted by Gasteiger charge is 2.28. The Morgan fingerprint density at radius 3 is 2.65 bits per heavy atom. The van der Waals surface area contributed by atoms with Crippen LogP contribution in [0, 0.1) is 5.82 Å². The Labute approximate surface area is 212 Å². The molecule has 1 atom stereocenters. The van der Waals surface area contributed by atoms with E-state index in [0.717, 1.165) is 30.0 Å². The number of nitrogens with two attached hydrogens (primary N) is 1. The van der Waals surface area contributed by atoms with Crippen LogP contribution in [0.2, 0.25) is 0 Å². The molecule has 37 heavy (non-hydrogen) atoms. The van der Waals surface area contributed by atoms with E-state index in [0.29, 0.717) is 35.6 Å². The quantitative estimate of drug-likeness (QED) is 0.350. The minimum absolute atomic E-state index is 0.0249. The highest BCUT2D eigenvalue weighted by molar-refractivity contribution is 7.89. The van der Waals surface area contributed by atoms with Crippen LogP contribution in [0.5, 0.6) is 0 Å². The molecule has 5 rings (SSSR count). The molecular weight excluding hydrogens is 499 g/mol. The minimum Gasteiger partial charge on any atom is -0.465 e. The molecule has 0 spiro atoms. The van der Waals surface area contributed by atoms with Gasteiger partial charge >= 0.3 is 6.09 Å². The molecule has 3 heterocycles. The third-order valence-corrected chi connectivity index (χ3v) is 7.92. The largest absolute Gasteiger partial charge is 0.465 e. The van der Waals surface area contributed by atoms with Gasteiger partial charge in [-0.2, -0.15) is 5.10 Å². The Balaban J connectivity index is 1.42. The number of sulfonamides is 1. The molecule has 4 aromatic rings. The molecule has 10 nitrogen and oxygen atoms in total. The molecule has 1 amide bonds. The number of halogens is 1. The third-order valence-electron chi connectivity index (χ3n) is 6.48.